The Labute approximate surface area is 278 Å². The molecule has 0 saturated heterocycles. The van der Waals surface area contributed by atoms with Gasteiger partial charge < -0.3 is 9.84 Å². The summed E-state index contributed by atoms with van der Waals surface area (Å²) >= 11 is 0. The first-order chi connectivity index (χ1) is 22.3. The lowest BCUT2D eigenvalue weighted by Crippen LogP contribution is -2.42. The largest absolute Gasteiger partial charge is 0.479 e. The van der Waals surface area contributed by atoms with Crippen LogP contribution in [0, 0.1) is 29.1 Å². The van der Waals surface area contributed by atoms with Crippen molar-refractivity contribution in [3.8, 4) is 5.69 Å². The van der Waals surface area contributed by atoms with Crippen LogP contribution >= 0.6 is 0 Å². The van der Waals surface area contributed by atoms with Crippen LogP contribution in [0.2, 0.25) is 0 Å². The Morgan fingerprint density at radius 3 is 2.53 bits per heavy atom. The van der Waals surface area contributed by atoms with Crippen LogP contribution in [0.25, 0.3) is 5.69 Å². The van der Waals surface area contributed by atoms with Gasteiger partial charge in [0.15, 0.2) is 5.60 Å². The molecule has 2 heterocycles. The summed E-state index contributed by atoms with van der Waals surface area (Å²) in [5.74, 6) is 1.21. The summed E-state index contributed by atoms with van der Waals surface area (Å²) in [7, 11) is 0. The molecule has 2 aromatic rings. The molecule has 1 N–H and O–H groups in total. The summed E-state index contributed by atoms with van der Waals surface area (Å²) in [6.07, 6.45) is 15.5. The molecule has 6 rings (SSSR count). The van der Waals surface area contributed by atoms with E-state index in [0.717, 1.165) is 31.3 Å². The molecule has 6 atom stereocenters. The average molecular weight is 644 g/mol. The highest BCUT2D eigenvalue weighted by Crippen LogP contribution is 2.60. The van der Waals surface area contributed by atoms with Crippen LogP contribution in [-0.2, 0) is 16.1 Å². The number of nitrogens with zero attached hydrogens (tertiary/aromatic N) is 3. The van der Waals surface area contributed by atoms with Gasteiger partial charge in [0.25, 0.3) is 0 Å². The first-order valence-electron chi connectivity index (χ1n) is 17.8. The fourth-order valence-corrected chi connectivity index (χ4v) is 9.32. The van der Waals surface area contributed by atoms with Crippen molar-refractivity contribution in [1.82, 2.24) is 13.9 Å². The zero-order valence-corrected chi connectivity index (χ0v) is 29.1. The Morgan fingerprint density at radius 1 is 1.09 bits per heavy atom. The number of carboxylic acid groups (broad SMARTS) is 1. The molecule has 0 spiro atoms. The van der Waals surface area contributed by atoms with E-state index in [4.69, 9.17) is 4.74 Å². The number of ether oxygens (including phenoxy) is 1. The molecule has 1 aliphatic heterocycles. The summed E-state index contributed by atoms with van der Waals surface area (Å²) in [5, 5.41) is 9.79. The number of fused-ring (bicyclic) bond motifs is 2. The number of allylic oxidation sites excluding steroid dienone is 5. The van der Waals surface area contributed by atoms with Gasteiger partial charge in [-0.05, 0) is 124 Å². The van der Waals surface area contributed by atoms with Crippen molar-refractivity contribution in [3.05, 3.63) is 86.2 Å². The van der Waals surface area contributed by atoms with Crippen LogP contribution in [0.4, 0.5) is 0 Å². The van der Waals surface area contributed by atoms with Crippen molar-refractivity contribution < 1.29 is 14.6 Å². The fraction of sp³-hybridized carbons (Fsp3) is 0.615. The summed E-state index contributed by atoms with van der Waals surface area (Å²) < 4.78 is 10.8. The smallest absolute Gasteiger partial charge is 0.352 e. The predicted octanol–water partition coefficient (Wildman–Crippen LogP) is 7.47. The van der Waals surface area contributed by atoms with E-state index in [0.29, 0.717) is 55.2 Å². The van der Waals surface area contributed by atoms with Crippen molar-refractivity contribution in [2.24, 2.45) is 29.1 Å². The molecule has 47 heavy (non-hydrogen) atoms. The molecular weight excluding hydrogens is 590 g/mol. The normalized spacial score (nSPS) is 29.3. The van der Waals surface area contributed by atoms with Gasteiger partial charge in [-0.25, -0.2) is 28.3 Å². The van der Waals surface area contributed by atoms with Crippen LogP contribution < -0.4 is 11.4 Å². The molecule has 1 aromatic carbocycles. The van der Waals surface area contributed by atoms with Crippen LogP contribution in [-0.4, -0.2) is 36.7 Å². The fourth-order valence-electron chi connectivity index (χ4n) is 9.32. The Morgan fingerprint density at radius 2 is 1.83 bits per heavy atom. The molecule has 0 radical (unpaired) electrons. The predicted molar refractivity (Wildman–Crippen MR) is 185 cm³/mol. The number of benzene rings is 1. The summed E-state index contributed by atoms with van der Waals surface area (Å²) in [6, 6.07) is 8.75. The second-order valence-corrected chi connectivity index (χ2v) is 15.8. The van der Waals surface area contributed by atoms with Crippen LogP contribution in [0.15, 0.2) is 74.9 Å². The maximum atomic E-state index is 14.3. The number of carboxylic acids is 1. The number of carbonyl (C=O) groups is 1. The van der Waals surface area contributed by atoms with Gasteiger partial charge in [0, 0.05) is 0 Å². The van der Waals surface area contributed by atoms with Crippen molar-refractivity contribution >= 4 is 5.97 Å². The van der Waals surface area contributed by atoms with E-state index < -0.39 is 17.6 Å². The third kappa shape index (κ3) is 6.18. The first kappa shape index (κ1) is 33.5. The molecule has 0 amide bonds. The number of aromatic nitrogens is 3. The standard InChI is InChI=1S/C39H53N3O5/c1-25(2)12-10-13-26(3)32-19-20-33-27(14-11-21-39(32,33)6)22-34-31-23-30(47-38(4,5)35(43)44)18-17-28(31)24-40-36(45)41(37(46)42(34)40)29-15-8-7-9-16-29/h7-10,13,15-16,22,25-26,30,32-34H,11-12,14,17-21,23-24H2,1-6H3,(H,43,44)/b13-10+,27-22+/t26-,30+,32+,33+,34-,39-/m1/s1. The number of hydrogen-bond acceptors (Lipinski definition) is 4. The number of aliphatic carboxylic acids is 1. The van der Waals surface area contributed by atoms with Crippen molar-refractivity contribution in [2.75, 3.05) is 0 Å². The molecule has 3 aliphatic carbocycles. The van der Waals surface area contributed by atoms with Gasteiger partial charge in [0.2, 0.25) is 0 Å². The Hall–Kier alpha value is -3.39. The van der Waals surface area contributed by atoms with Crippen LogP contribution in [0.3, 0.4) is 0 Å². The number of para-hydroxylation sites is 1. The van der Waals surface area contributed by atoms with Gasteiger partial charge in [0.05, 0.1) is 24.4 Å². The van der Waals surface area contributed by atoms with E-state index >= 15 is 0 Å². The van der Waals surface area contributed by atoms with E-state index in [-0.39, 0.29) is 22.9 Å². The Balaban J connectivity index is 1.41. The van der Waals surface area contributed by atoms with E-state index in [2.05, 4.69) is 45.9 Å². The highest BCUT2D eigenvalue weighted by Gasteiger charge is 2.51. The highest BCUT2D eigenvalue weighted by molar-refractivity contribution is 5.76. The van der Waals surface area contributed by atoms with Gasteiger partial charge in [0.1, 0.15) is 0 Å². The number of hydrogen-bond donors (Lipinski definition) is 1. The monoisotopic (exact) mass is 643 g/mol. The molecule has 8 nitrogen and oxygen atoms in total. The summed E-state index contributed by atoms with van der Waals surface area (Å²) in [6.45, 7) is 13.0. The van der Waals surface area contributed by atoms with Gasteiger partial charge >= 0.3 is 17.3 Å². The highest BCUT2D eigenvalue weighted by atomic mass is 16.5. The average Bonchev–Trinajstić information content (AvgIpc) is 3.50. The molecule has 2 saturated carbocycles. The molecule has 0 bridgehead atoms. The van der Waals surface area contributed by atoms with E-state index in [1.807, 2.05) is 18.2 Å². The van der Waals surface area contributed by atoms with E-state index in [1.165, 1.54) is 28.6 Å². The Bertz CT molecular complexity index is 1700. The molecule has 4 aliphatic rings. The van der Waals surface area contributed by atoms with Crippen LogP contribution in [0.5, 0.6) is 0 Å². The lowest BCUT2D eigenvalue weighted by molar-refractivity contribution is -0.168. The van der Waals surface area contributed by atoms with E-state index in [9.17, 15) is 19.5 Å². The summed E-state index contributed by atoms with van der Waals surface area (Å²) in [4.78, 5) is 40.1. The second kappa shape index (κ2) is 12.9. The van der Waals surface area contributed by atoms with Crippen molar-refractivity contribution in [1.29, 1.82) is 0 Å². The molecule has 2 fully saturated rings. The molecular formula is C39H53N3O5. The number of rotatable bonds is 9. The molecule has 1 aromatic heterocycles. The minimum atomic E-state index is -1.31. The Kier molecular flexibility index (Phi) is 9.20. The molecule has 0 unspecified atom stereocenters. The lowest BCUT2D eigenvalue weighted by atomic mass is 9.61. The topological polar surface area (TPSA) is 95.5 Å². The van der Waals surface area contributed by atoms with Gasteiger partial charge in [-0.15, -0.1) is 0 Å². The third-order valence-electron chi connectivity index (χ3n) is 11.8. The first-order valence-corrected chi connectivity index (χ1v) is 17.8. The van der Waals surface area contributed by atoms with Crippen molar-refractivity contribution in [2.45, 2.75) is 124 Å². The maximum absolute atomic E-state index is 14.3. The second-order valence-electron chi connectivity index (χ2n) is 15.8. The van der Waals surface area contributed by atoms with Gasteiger partial charge in [-0.3, -0.25) is 0 Å². The van der Waals surface area contributed by atoms with Gasteiger partial charge in [-0.1, -0.05) is 69.7 Å². The van der Waals surface area contributed by atoms with Crippen LogP contribution in [0.1, 0.15) is 105 Å². The quantitative estimate of drug-likeness (QED) is 0.286. The zero-order chi connectivity index (χ0) is 33.7. The minimum Gasteiger partial charge on any atom is -0.479 e. The minimum absolute atomic E-state index is 0.182. The van der Waals surface area contributed by atoms with Gasteiger partial charge in [-0.2, -0.15) is 0 Å². The van der Waals surface area contributed by atoms with Crippen molar-refractivity contribution in [3.63, 3.8) is 0 Å². The molecule has 8 heteroatoms. The maximum Gasteiger partial charge on any atom is 0.352 e. The zero-order valence-electron chi connectivity index (χ0n) is 29.1. The molecule has 254 valence electrons. The summed E-state index contributed by atoms with van der Waals surface area (Å²) in [5.41, 5.74) is 2.45. The SMILES string of the molecule is CC(C)C/C=C/[C@@H](C)[C@@H]1CC[C@H]2/C(=C/[C@@H]3C4=C(CC[C@H](OC(C)(C)C(=O)O)C4)Cn4c(=O)n(-c5ccccc5)c(=O)n43)CCC[C@@]21C. The lowest BCUT2D eigenvalue weighted by Gasteiger charge is -2.44. The third-order valence-corrected chi connectivity index (χ3v) is 11.8. The van der Waals surface area contributed by atoms with E-state index in [1.54, 1.807) is 35.3 Å².